The van der Waals surface area contributed by atoms with E-state index < -0.39 is 0 Å². The van der Waals surface area contributed by atoms with Crippen LogP contribution in [0.5, 0.6) is 11.8 Å². The number of imidazole rings is 1. The van der Waals surface area contributed by atoms with Gasteiger partial charge >= 0.3 is 6.01 Å². The summed E-state index contributed by atoms with van der Waals surface area (Å²) in [6, 6.07) is 18.0. The van der Waals surface area contributed by atoms with Crippen LogP contribution in [0.4, 0.5) is 0 Å². The third-order valence-electron chi connectivity index (χ3n) is 6.06. The van der Waals surface area contributed by atoms with Crippen molar-refractivity contribution in [2.24, 2.45) is 7.05 Å². The Bertz CT molecular complexity index is 894. The van der Waals surface area contributed by atoms with Crippen molar-refractivity contribution in [3.05, 3.63) is 54.1 Å². The fraction of sp³-hybridized carbons (Fsp3) is 0.458. The number of para-hydroxylation sites is 2. The molecule has 2 aromatic carbocycles. The van der Waals surface area contributed by atoms with Gasteiger partial charge in [0.25, 0.3) is 0 Å². The number of ether oxygens (including phenoxy) is 1. The fourth-order valence-electron chi connectivity index (χ4n) is 4.36. The first-order chi connectivity index (χ1) is 13.7. The van der Waals surface area contributed by atoms with E-state index in [0.29, 0.717) is 6.01 Å². The molecule has 4 heteroatoms. The van der Waals surface area contributed by atoms with Gasteiger partial charge in [-0.15, -0.1) is 0 Å². The average Bonchev–Trinajstić information content (AvgIpc) is 3.06. The number of aromatic nitrogens is 2. The van der Waals surface area contributed by atoms with Crippen LogP contribution in [0.15, 0.2) is 48.5 Å². The standard InChI is InChI=1S/C24H31N3O/c1-3-27(20-9-5-4-6-10-20)18-17-19-13-15-21(16-14-19)28-24-25-22-11-7-8-12-23(22)26(24)2/h7-8,11-16,20H,3-6,9-10,17-18H2,1-2H3. The molecule has 1 heterocycles. The maximum atomic E-state index is 6.03. The van der Waals surface area contributed by atoms with Crippen molar-refractivity contribution in [1.29, 1.82) is 0 Å². The van der Waals surface area contributed by atoms with E-state index in [-0.39, 0.29) is 0 Å². The van der Waals surface area contributed by atoms with Gasteiger partial charge in [-0.05, 0) is 55.6 Å². The Kier molecular flexibility index (Phi) is 5.96. The predicted octanol–water partition coefficient (Wildman–Crippen LogP) is 5.56. The van der Waals surface area contributed by atoms with Crippen molar-refractivity contribution in [2.75, 3.05) is 13.1 Å². The number of aryl methyl sites for hydroxylation is 1. The van der Waals surface area contributed by atoms with Crippen LogP contribution in [0.25, 0.3) is 11.0 Å². The monoisotopic (exact) mass is 377 g/mol. The van der Waals surface area contributed by atoms with Crippen LogP contribution < -0.4 is 4.74 Å². The molecule has 1 saturated carbocycles. The first-order valence-electron chi connectivity index (χ1n) is 10.7. The van der Waals surface area contributed by atoms with E-state index >= 15 is 0 Å². The van der Waals surface area contributed by atoms with Crippen LogP contribution in [-0.2, 0) is 13.5 Å². The highest BCUT2D eigenvalue weighted by Gasteiger charge is 2.19. The summed E-state index contributed by atoms with van der Waals surface area (Å²) < 4.78 is 8.03. The van der Waals surface area contributed by atoms with Gasteiger partial charge in [-0.25, -0.2) is 0 Å². The summed E-state index contributed by atoms with van der Waals surface area (Å²) in [5.74, 6) is 0.835. The van der Waals surface area contributed by atoms with Gasteiger partial charge in [0, 0.05) is 19.6 Å². The number of fused-ring (bicyclic) bond motifs is 1. The molecule has 28 heavy (non-hydrogen) atoms. The Morgan fingerprint density at radius 3 is 2.50 bits per heavy atom. The van der Waals surface area contributed by atoms with E-state index in [9.17, 15) is 0 Å². The van der Waals surface area contributed by atoms with Gasteiger partial charge in [0.15, 0.2) is 0 Å². The second kappa shape index (κ2) is 8.78. The van der Waals surface area contributed by atoms with Crippen molar-refractivity contribution in [3.63, 3.8) is 0 Å². The molecule has 0 aliphatic heterocycles. The van der Waals surface area contributed by atoms with Crippen molar-refractivity contribution >= 4 is 11.0 Å². The topological polar surface area (TPSA) is 30.3 Å². The van der Waals surface area contributed by atoms with Crippen molar-refractivity contribution < 1.29 is 4.74 Å². The van der Waals surface area contributed by atoms with E-state index in [1.165, 1.54) is 37.7 Å². The van der Waals surface area contributed by atoms with Gasteiger partial charge < -0.3 is 9.64 Å². The summed E-state index contributed by atoms with van der Waals surface area (Å²) in [4.78, 5) is 7.26. The maximum absolute atomic E-state index is 6.03. The van der Waals surface area contributed by atoms with Crippen LogP contribution in [-0.4, -0.2) is 33.6 Å². The summed E-state index contributed by atoms with van der Waals surface area (Å²) in [6.07, 6.45) is 8.06. The minimum absolute atomic E-state index is 0.628. The first kappa shape index (κ1) is 19.0. The summed E-state index contributed by atoms with van der Waals surface area (Å²) in [5, 5.41) is 0. The number of likely N-dealkylation sites (N-methyl/N-ethyl adjacent to an activating group) is 1. The molecule has 0 spiro atoms. The lowest BCUT2D eigenvalue weighted by molar-refractivity contribution is 0.165. The van der Waals surface area contributed by atoms with Gasteiger partial charge in [0.1, 0.15) is 5.75 Å². The van der Waals surface area contributed by atoms with Gasteiger partial charge in [-0.1, -0.05) is 50.5 Å². The highest BCUT2D eigenvalue weighted by molar-refractivity contribution is 5.76. The average molecular weight is 378 g/mol. The Balaban J connectivity index is 1.37. The second-order valence-electron chi connectivity index (χ2n) is 7.86. The lowest BCUT2D eigenvalue weighted by atomic mass is 9.94. The molecule has 4 nitrogen and oxygen atoms in total. The van der Waals surface area contributed by atoms with E-state index in [2.05, 4.69) is 47.1 Å². The highest BCUT2D eigenvalue weighted by atomic mass is 16.5. The van der Waals surface area contributed by atoms with E-state index in [4.69, 9.17) is 4.74 Å². The molecule has 1 aliphatic carbocycles. The van der Waals surface area contributed by atoms with E-state index in [1.807, 2.05) is 29.8 Å². The molecule has 0 bridgehead atoms. The number of hydrogen-bond donors (Lipinski definition) is 0. The van der Waals surface area contributed by atoms with E-state index in [0.717, 1.165) is 42.3 Å². The van der Waals surface area contributed by atoms with Gasteiger partial charge in [-0.3, -0.25) is 4.57 Å². The quantitative estimate of drug-likeness (QED) is 0.540. The summed E-state index contributed by atoms with van der Waals surface area (Å²) in [5.41, 5.74) is 3.40. The zero-order valence-corrected chi connectivity index (χ0v) is 17.1. The van der Waals surface area contributed by atoms with Gasteiger partial charge in [0.05, 0.1) is 11.0 Å². The smallest absolute Gasteiger partial charge is 0.302 e. The predicted molar refractivity (Wildman–Crippen MR) is 115 cm³/mol. The third-order valence-corrected chi connectivity index (χ3v) is 6.06. The molecule has 3 aromatic rings. The van der Waals surface area contributed by atoms with Crippen LogP contribution in [0.2, 0.25) is 0 Å². The summed E-state index contributed by atoms with van der Waals surface area (Å²) >= 11 is 0. The molecule has 0 radical (unpaired) electrons. The van der Waals surface area contributed by atoms with Crippen LogP contribution in [0.1, 0.15) is 44.6 Å². The number of hydrogen-bond acceptors (Lipinski definition) is 3. The fourth-order valence-corrected chi connectivity index (χ4v) is 4.36. The molecule has 0 unspecified atom stereocenters. The lowest BCUT2D eigenvalue weighted by Crippen LogP contribution is -2.38. The molecular formula is C24H31N3O. The maximum Gasteiger partial charge on any atom is 0.302 e. The molecule has 0 saturated heterocycles. The van der Waals surface area contributed by atoms with Crippen LogP contribution in [0, 0.1) is 0 Å². The minimum Gasteiger partial charge on any atom is -0.426 e. The third kappa shape index (κ3) is 4.22. The normalized spacial score (nSPS) is 15.4. The molecule has 0 N–H and O–H groups in total. The highest BCUT2D eigenvalue weighted by Crippen LogP contribution is 2.26. The minimum atomic E-state index is 0.628. The first-order valence-corrected chi connectivity index (χ1v) is 10.7. The molecule has 148 valence electrons. The zero-order chi connectivity index (χ0) is 19.3. The SMILES string of the molecule is CCN(CCc1ccc(Oc2nc3ccccc3n2C)cc1)C1CCCCC1. The Labute approximate surface area is 168 Å². The molecule has 1 aliphatic rings. The number of nitrogens with zero attached hydrogens (tertiary/aromatic N) is 3. The molecule has 1 fully saturated rings. The number of benzene rings is 2. The van der Waals surface area contributed by atoms with Gasteiger partial charge in [-0.2, -0.15) is 4.98 Å². The zero-order valence-electron chi connectivity index (χ0n) is 17.1. The van der Waals surface area contributed by atoms with Crippen LogP contribution >= 0.6 is 0 Å². The largest absolute Gasteiger partial charge is 0.426 e. The Hall–Kier alpha value is -2.33. The van der Waals surface area contributed by atoms with Crippen LogP contribution in [0.3, 0.4) is 0 Å². The Morgan fingerprint density at radius 1 is 1.04 bits per heavy atom. The van der Waals surface area contributed by atoms with Crippen molar-refractivity contribution in [3.8, 4) is 11.8 Å². The number of rotatable bonds is 7. The summed E-state index contributed by atoms with van der Waals surface area (Å²) in [7, 11) is 1.99. The Morgan fingerprint density at radius 2 is 1.79 bits per heavy atom. The lowest BCUT2D eigenvalue weighted by Gasteiger charge is -2.33. The van der Waals surface area contributed by atoms with E-state index in [1.54, 1.807) is 0 Å². The van der Waals surface area contributed by atoms with Crippen molar-refractivity contribution in [1.82, 2.24) is 14.5 Å². The molecule has 1 aromatic heterocycles. The van der Waals surface area contributed by atoms with Crippen molar-refractivity contribution in [2.45, 2.75) is 51.5 Å². The molecule has 0 atom stereocenters. The molecular weight excluding hydrogens is 346 g/mol. The second-order valence-corrected chi connectivity index (χ2v) is 7.86. The molecule has 4 rings (SSSR count). The van der Waals surface area contributed by atoms with Gasteiger partial charge in [0.2, 0.25) is 0 Å². The molecule has 0 amide bonds. The summed E-state index contributed by atoms with van der Waals surface area (Å²) in [6.45, 7) is 4.59.